The fourth-order valence-electron chi connectivity index (χ4n) is 2.96. The number of rotatable bonds is 8. The first-order chi connectivity index (χ1) is 10.2. The van der Waals surface area contributed by atoms with Crippen molar-refractivity contribution in [1.29, 1.82) is 0 Å². The molecule has 5 heteroatoms. The first-order valence-electron chi connectivity index (χ1n) is 7.82. The van der Waals surface area contributed by atoms with Crippen LogP contribution in [0.5, 0.6) is 0 Å². The van der Waals surface area contributed by atoms with Gasteiger partial charge in [-0.05, 0) is 37.8 Å². The molecule has 0 heterocycles. The predicted molar refractivity (Wildman–Crippen MR) is 87.9 cm³/mol. The first-order valence-corrected chi connectivity index (χ1v) is 8.80. The van der Waals surface area contributed by atoms with Gasteiger partial charge in [0.1, 0.15) is 0 Å². The van der Waals surface area contributed by atoms with Crippen molar-refractivity contribution in [3.63, 3.8) is 0 Å². The molecule has 0 aliphatic heterocycles. The monoisotopic (exact) mass is 308 g/mol. The van der Waals surface area contributed by atoms with E-state index in [1.165, 1.54) is 25.7 Å². The maximum Gasteiger partial charge on any atom is 0.282 e. The van der Waals surface area contributed by atoms with E-state index in [4.69, 9.17) is 0 Å². The van der Waals surface area contributed by atoms with Crippen LogP contribution in [0.1, 0.15) is 39.0 Å². The second-order valence-electron chi connectivity index (χ2n) is 5.64. The van der Waals surface area contributed by atoms with Crippen molar-refractivity contribution >= 4 is 17.4 Å². The smallest absolute Gasteiger partial charge is 0.282 e. The van der Waals surface area contributed by atoms with Crippen molar-refractivity contribution in [3.8, 4) is 0 Å². The third kappa shape index (κ3) is 4.71. The van der Waals surface area contributed by atoms with Crippen molar-refractivity contribution in [3.05, 3.63) is 34.4 Å². The van der Waals surface area contributed by atoms with Crippen LogP contribution in [0.25, 0.3) is 0 Å². The van der Waals surface area contributed by atoms with E-state index in [2.05, 4.69) is 12.2 Å². The van der Waals surface area contributed by atoms with Gasteiger partial charge < -0.3 is 5.32 Å². The molecule has 0 amide bonds. The average molecular weight is 308 g/mol. The Bertz CT molecular complexity index is 461. The Morgan fingerprint density at radius 1 is 1.38 bits per heavy atom. The zero-order valence-corrected chi connectivity index (χ0v) is 13.4. The zero-order valence-electron chi connectivity index (χ0n) is 12.6. The highest BCUT2D eigenvalue weighted by Crippen LogP contribution is 2.33. The van der Waals surface area contributed by atoms with Crippen LogP contribution >= 0.6 is 11.8 Å². The van der Waals surface area contributed by atoms with Crippen molar-refractivity contribution in [2.45, 2.75) is 50.0 Å². The standard InChI is InChI=1S/C16H24N2O2S/c1-2-11-17-14(13-7-3-4-8-13)12-21-16-10-6-5-9-15(16)18(19)20/h5-6,9-10,13-14,17H,2-4,7-8,11-12H2,1H3. The van der Waals surface area contributed by atoms with Gasteiger partial charge >= 0.3 is 0 Å². The Hall–Kier alpha value is -1.07. The van der Waals surface area contributed by atoms with E-state index in [1.54, 1.807) is 23.9 Å². The van der Waals surface area contributed by atoms with Gasteiger partial charge in [0, 0.05) is 17.9 Å². The van der Waals surface area contributed by atoms with Gasteiger partial charge in [-0.2, -0.15) is 0 Å². The minimum Gasteiger partial charge on any atom is -0.313 e. The van der Waals surface area contributed by atoms with Gasteiger partial charge in [-0.15, -0.1) is 11.8 Å². The van der Waals surface area contributed by atoms with Crippen LogP contribution in [0.3, 0.4) is 0 Å². The molecule has 1 saturated carbocycles. The maximum atomic E-state index is 11.1. The second-order valence-corrected chi connectivity index (χ2v) is 6.70. The predicted octanol–water partition coefficient (Wildman–Crippen LogP) is 4.25. The molecular weight excluding hydrogens is 284 g/mol. The normalized spacial score (nSPS) is 17.0. The van der Waals surface area contributed by atoms with E-state index in [1.807, 2.05) is 12.1 Å². The Labute approximate surface area is 130 Å². The Kier molecular flexibility index (Phi) is 6.51. The lowest BCUT2D eigenvalue weighted by Gasteiger charge is -2.24. The zero-order chi connectivity index (χ0) is 15.1. The molecule has 0 bridgehead atoms. The molecule has 1 N–H and O–H groups in total. The fourth-order valence-corrected chi connectivity index (χ4v) is 4.18. The molecule has 0 radical (unpaired) electrons. The molecular formula is C16H24N2O2S. The lowest BCUT2D eigenvalue weighted by atomic mass is 10.00. The van der Waals surface area contributed by atoms with Crippen LogP contribution < -0.4 is 5.32 Å². The van der Waals surface area contributed by atoms with E-state index in [9.17, 15) is 10.1 Å². The summed E-state index contributed by atoms with van der Waals surface area (Å²) >= 11 is 1.62. The van der Waals surface area contributed by atoms with Crippen molar-refractivity contribution in [2.24, 2.45) is 5.92 Å². The quantitative estimate of drug-likeness (QED) is 0.443. The molecule has 1 aliphatic rings. The molecule has 1 aliphatic carbocycles. The van der Waals surface area contributed by atoms with Gasteiger partial charge in [0.15, 0.2) is 0 Å². The number of nitrogens with zero attached hydrogens (tertiary/aromatic N) is 1. The van der Waals surface area contributed by atoms with Gasteiger partial charge in [-0.25, -0.2) is 0 Å². The SMILES string of the molecule is CCCNC(CSc1ccccc1[N+](=O)[O-])C1CCCC1. The highest BCUT2D eigenvalue weighted by Gasteiger charge is 2.25. The number of nitro groups is 1. The van der Waals surface area contributed by atoms with Gasteiger partial charge in [0.25, 0.3) is 5.69 Å². The molecule has 4 nitrogen and oxygen atoms in total. The first kappa shape index (κ1) is 16.3. The van der Waals surface area contributed by atoms with E-state index in [-0.39, 0.29) is 10.6 Å². The molecule has 0 aromatic heterocycles. The summed E-state index contributed by atoms with van der Waals surface area (Å²) in [6.07, 6.45) is 6.35. The largest absolute Gasteiger partial charge is 0.313 e. The molecule has 1 unspecified atom stereocenters. The fraction of sp³-hybridized carbons (Fsp3) is 0.625. The number of benzene rings is 1. The minimum absolute atomic E-state index is 0.225. The topological polar surface area (TPSA) is 55.2 Å². The number of hydrogen-bond acceptors (Lipinski definition) is 4. The molecule has 116 valence electrons. The Balaban J connectivity index is 1.98. The molecule has 1 atom stereocenters. The molecule has 21 heavy (non-hydrogen) atoms. The number of thioether (sulfide) groups is 1. The summed E-state index contributed by atoms with van der Waals surface area (Å²) in [7, 11) is 0. The average Bonchev–Trinajstić information content (AvgIpc) is 3.02. The highest BCUT2D eigenvalue weighted by molar-refractivity contribution is 7.99. The van der Waals surface area contributed by atoms with Crippen LogP contribution in [0.4, 0.5) is 5.69 Å². The summed E-state index contributed by atoms with van der Waals surface area (Å²) in [5.41, 5.74) is 0.225. The third-order valence-electron chi connectivity index (χ3n) is 4.11. The van der Waals surface area contributed by atoms with Gasteiger partial charge in [-0.1, -0.05) is 31.9 Å². The van der Waals surface area contributed by atoms with Gasteiger partial charge in [0.2, 0.25) is 0 Å². The summed E-state index contributed by atoms with van der Waals surface area (Å²) in [4.78, 5) is 11.6. The minimum atomic E-state index is -0.285. The molecule has 2 rings (SSSR count). The summed E-state index contributed by atoms with van der Waals surface area (Å²) < 4.78 is 0. The summed E-state index contributed by atoms with van der Waals surface area (Å²) in [5, 5.41) is 14.7. The molecule has 1 aromatic rings. The van der Waals surface area contributed by atoms with Crippen LogP contribution in [-0.4, -0.2) is 23.3 Å². The van der Waals surface area contributed by atoms with Gasteiger partial charge in [0.05, 0.1) is 9.82 Å². The third-order valence-corrected chi connectivity index (χ3v) is 5.29. The summed E-state index contributed by atoms with van der Waals surface area (Å²) in [5.74, 6) is 1.64. The summed E-state index contributed by atoms with van der Waals surface area (Å²) in [6, 6.07) is 7.52. The maximum absolute atomic E-state index is 11.1. The van der Waals surface area contributed by atoms with Crippen LogP contribution in [0.2, 0.25) is 0 Å². The Morgan fingerprint density at radius 2 is 2.10 bits per heavy atom. The number of para-hydroxylation sites is 1. The molecule has 1 fully saturated rings. The van der Waals surface area contributed by atoms with Crippen LogP contribution in [0, 0.1) is 16.0 Å². The van der Waals surface area contributed by atoms with Crippen molar-refractivity contribution in [1.82, 2.24) is 5.32 Å². The van der Waals surface area contributed by atoms with Crippen molar-refractivity contribution in [2.75, 3.05) is 12.3 Å². The van der Waals surface area contributed by atoms with Gasteiger partial charge in [-0.3, -0.25) is 10.1 Å². The van der Waals surface area contributed by atoms with Crippen LogP contribution in [-0.2, 0) is 0 Å². The second kappa shape index (κ2) is 8.39. The summed E-state index contributed by atoms with van der Waals surface area (Å²) in [6.45, 7) is 3.20. The van der Waals surface area contributed by atoms with Crippen molar-refractivity contribution < 1.29 is 4.92 Å². The molecule has 1 aromatic carbocycles. The molecule has 0 saturated heterocycles. The number of nitrogens with one attached hydrogen (secondary N) is 1. The lowest BCUT2D eigenvalue weighted by molar-refractivity contribution is -0.387. The lowest BCUT2D eigenvalue weighted by Crippen LogP contribution is -2.37. The van der Waals surface area contributed by atoms with E-state index < -0.39 is 0 Å². The van der Waals surface area contributed by atoms with E-state index in [0.29, 0.717) is 6.04 Å². The van der Waals surface area contributed by atoms with E-state index >= 15 is 0 Å². The highest BCUT2D eigenvalue weighted by atomic mass is 32.2. The Morgan fingerprint density at radius 3 is 2.76 bits per heavy atom. The number of nitro benzene ring substituents is 1. The number of hydrogen-bond donors (Lipinski definition) is 1. The van der Waals surface area contributed by atoms with Crippen LogP contribution in [0.15, 0.2) is 29.2 Å². The van der Waals surface area contributed by atoms with E-state index in [0.717, 1.165) is 29.5 Å². The molecule has 0 spiro atoms.